The molecule has 0 spiro atoms. The molecule has 1 aliphatic rings. The van der Waals surface area contributed by atoms with Gasteiger partial charge in [0.15, 0.2) is 0 Å². The number of nitrogens with one attached hydrogen (secondary N) is 1. The summed E-state index contributed by atoms with van der Waals surface area (Å²) in [6, 6.07) is 7.94. The van der Waals surface area contributed by atoms with Gasteiger partial charge in [0.25, 0.3) is 0 Å². The minimum atomic E-state index is 0.164. The molecule has 1 N–H and O–H groups in total. The second-order valence-corrected chi connectivity index (χ2v) is 4.87. The number of hydrogen-bond acceptors (Lipinski definition) is 3. The van der Waals surface area contributed by atoms with Crippen molar-refractivity contribution in [1.29, 1.82) is 0 Å². The van der Waals surface area contributed by atoms with Crippen LogP contribution in [-0.4, -0.2) is 47.6 Å². The number of hydrogen-bond donors (Lipinski definition) is 1. The van der Waals surface area contributed by atoms with Gasteiger partial charge in [-0.05, 0) is 12.1 Å². The zero-order valence-corrected chi connectivity index (χ0v) is 10.9. The Morgan fingerprint density at radius 3 is 3.11 bits per heavy atom. The van der Waals surface area contributed by atoms with Crippen molar-refractivity contribution >= 4 is 16.9 Å². The zero-order chi connectivity index (χ0) is 13.2. The van der Waals surface area contributed by atoms with E-state index in [0.29, 0.717) is 19.6 Å². The number of ether oxygens (including phenoxy) is 1. The predicted molar refractivity (Wildman–Crippen MR) is 71.9 cm³/mol. The van der Waals surface area contributed by atoms with Gasteiger partial charge in [-0.3, -0.25) is 4.79 Å². The highest BCUT2D eigenvalue weighted by Gasteiger charge is 2.32. The van der Waals surface area contributed by atoms with Gasteiger partial charge in [0.1, 0.15) is 5.82 Å². The number of aromatic nitrogens is 2. The molecule has 19 heavy (non-hydrogen) atoms. The average molecular weight is 259 g/mol. The van der Waals surface area contributed by atoms with Crippen LogP contribution in [0.1, 0.15) is 18.2 Å². The van der Waals surface area contributed by atoms with Crippen LogP contribution in [0.25, 0.3) is 11.0 Å². The highest BCUT2D eigenvalue weighted by molar-refractivity contribution is 5.80. The molecule has 1 amide bonds. The molecule has 1 atom stereocenters. The van der Waals surface area contributed by atoms with E-state index in [1.165, 1.54) is 0 Å². The number of nitrogens with zero attached hydrogens (tertiary/aromatic N) is 2. The molecule has 1 aromatic heterocycles. The number of carbonyl (C=O) groups excluding carboxylic acids is 1. The van der Waals surface area contributed by atoms with Crippen molar-refractivity contribution in [1.82, 2.24) is 14.9 Å². The number of aromatic amines is 1. The number of fused-ring (bicyclic) bond motifs is 1. The summed E-state index contributed by atoms with van der Waals surface area (Å²) < 4.78 is 5.02. The van der Waals surface area contributed by atoms with Crippen LogP contribution in [0, 0.1) is 0 Å². The van der Waals surface area contributed by atoms with Gasteiger partial charge in [-0.2, -0.15) is 0 Å². The number of H-pyrrole nitrogens is 1. The van der Waals surface area contributed by atoms with Gasteiger partial charge in [-0.1, -0.05) is 12.1 Å². The van der Waals surface area contributed by atoms with Crippen LogP contribution >= 0.6 is 0 Å². The molecule has 0 saturated carbocycles. The van der Waals surface area contributed by atoms with Crippen molar-refractivity contribution in [3.05, 3.63) is 30.1 Å². The Hall–Kier alpha value is -1.88. The molecule has 2 heterocycles. The smallest absolute Gasteiger partial charge is 0.223 e. The lowest BCUT2D eigenvalue weighted by atomic mass is 10.1. The summed E-state index contributed by atoms with van der Waals surface area (Å²) >= 11 is 0. The van der Waals surface area contributed by atoms with Gasteiger partial charge in [0.05, 0.1) is 17.6 Å². The van der Waals surface area contributed by atoms with Crippen molar-refractivity contribution in [2.24, 2.45) is 0 Å². The van der Waals surface area contributed by atoms with Gasteiger partial charge in [0, 0.05) is 32.5 Å². The molecule has 5 heteroatoms. The van der Waals surface area contributed by atoms with E-state index in [1.54, 1.807) is 7.11 Å². The Morgan fingerprint density at radius 2 is 2.32 bits per heavy atom. The number of methoxy groups -OCH3 is 1. The van der Waals surface area contributed by atoms with Gasteiger partial charge in [-0.25, -0.2) is 4.98 Å². The average Bonchev–Trinajstić information content (AvgIpc) is 2.99. The minimum Gasteiger partial charge on any atom is -0.383 e. The Morgan fingerprint density at radius 1 is 1.47 bits per heavy atom. The third-order valence-electron chi connectivity index (χ3n) is 3.57. The van der Waals surface area contributed by atoms with Crippen LogP contribution in [0.2, 0.25) is 0 Å². The lowest BCUT2D eigenvalue weighted by Gasteiger charge is -2.15. The summed E-state index contributed by atoms with van der Waals surface area (Å²) in [6.07, 6.45) is 0.531. The van der Waals surface area contributed by atoms with Crippen LogP contribution in [-0.2, 0) is 9.53 Å². The van der Waals surface area contributed by atoms with Gasteiger partial charge >= 0.3 is 0 Å². The Balaban J connectivity index is 1.78. The Labute approximate surface area is 111 Å². The summed E-state index contributed by atoms with van der Waals surface area (Å²) in [5.74, 6) is 1.26. The third kappa shape index (κ3) is 2.33. The molecule has 0 unspecified atom stereocenters. The molecule has 2 aromatic rings. The lowest BCUT2D eigenvalue weighted by Crippen LogP contribution is -2.28. The molecule has 1 saturated heterocycles. The van der Waals surface area contributed by atoms with Crippen LogP contribution in [0.15, 0.2) is 24.3 Å². The highest BCUT2D eigenvalue weighted by Crippen LogP contribution is 2.27. The van der Waals surface area contributed by atoms with Crippen molar-refractivity contribution in [2.75, 3.05) is 26.8 Å². The summed E-state index contributed by atoms with van der Waals surface area (Å²) in [6.45, 7) is 1.96. The SMILES string of the molecule is COCCN1C[C@@H](c2nc3ccccc3[nH]2)CC1=O. The fourth-order valence-corrected chi connectivity index (χ4v) is 2.54. The van der Waals surface area contributed by atoms with Crippen molar-refractivity contribution in [3.8, 4) is 0 Å². The quantitative estimate of drug-likeness (QED) is 0.905. The van der Waals surface area contributed by atoms with E-state index in [1.807, 2.05) is 29.2 Å². The van der Waals surface area contributed by atoms with Crippen LogP contribution in [0.5, 0.6) is 0 Å². The standard InChI is InChI=1S/C14H17N3O2/c1-19-7-6-17-9-10(8-13(17)18)14-15-11-4-2-3-5-12(11)16-14/h2-5,10H,6-9H2,1H3,(H,15,16)/t10-/m0/s1. The Kier molecular flexibility index (Phi) is 3.21. The number of rotatable bonds is 4. The predicted octanol–water partition coefficient (Wildman–Crippen LogP) is 1.53. The second kappa shape index (κ2) is 5.01. The van der Waals surface area contributed by atoms with E-state index in [-0.39, 0.29) is 11.8 Å². The highest BCUT2D eigenvalue weighted by atomic mass is 16.5. The van der Waals surface area contributed by atoms with Crippen molar-refractivity contribution < 1.29 is 9.53 Å². The van der Waals surface area contributed by atoms with E-state index in [9.17, 15) is 4.79 Å². The minimum absolute atomic E-state index is 0.164. The second-order valence-electron chi connectivity index (χ2n) is 4.87. The van der Waals surface area contributed by atoms with Gasteiger partial charge in [-0.15, -0.1) is 0 Å². The largest absolute Gasteiger partial charge is 0.383 e. The van der Waals surface area contributed by atoms with E-state index in [4.69, 9.17) is 4.74 Å². The van der Waals surface area contributed by atoms with E-state index >= 15 is 0 Å². The number of imidazole rings is 1. The number of amides is 1. The number of carbonyl (C=O) groups is 1. The third-order valence-corrected chi connectivity index (χ3v) is 3.57. The fraction of sp³-hybridized carbons (Fsp3) is 0.429. The van der Waals surface area contributed by atoms with Crippen molar-refractivity contribution in [3.63, 3.8) is 0 Å². The van der Waals surface area contributed by atoms with E-state index in [0.717, 1.165) is 23.4 Å². The number of benzene rings is 1. The molecule has 0 bridgehead atoms. The first-order valence-corrected chi connectivity index (χ1v) is 6.49. The maximum Gasteiger partial charge on any atom is 0.223 e. The Bertz CT molecular complexity index is 560. The summed E-state index contributed by atoms with van der Waals surface area (Å²) in [4.78, 5) is 21.6. The monoisotopic (exact) mass is 259 g/mol. The summed E-state index contributed by atoms with van der Waals surface area (Å²) in [7, 11) is 1.65. The van der Waals surface area contributed by atoms with E-state index in [2.05, 4.69) is 9.97 Å². The molecule has 1 aliphatic heterocycles. The molecular weight excluding hydrogens is 242 g/mol. The molecule has 0 aliphatic carbocycles. The van der Waals surface area contributed by atoms with Gasteiger partial charge < -0.3 is 14.6 Å². The molecule has 3 rings (SSSR count). The lowest BCUT2D eigenvalue weighted by molar-refractivity contribution is -0.128. The van der Waals surface area contributed by atoms with E-state index < -0.39 is 0 Å². The maximum atomic E-state index is 11.9. The summed E-state index contributed by atoms with van der Waals surface area (Å²) in [5, 5.41) is 0. The normalized spacial score (nSPS) is 19.5. The van der Waals surface area contributed by atoms with Crippen LogP contribution in [0.3, 0.4) is 0 Å². The summed E-state index contributed by atoms with van der Waals surface area (Å²) in [5.41, 5.74) is 1.99. The number of para-hydroxylation sites is 2. The molecule has 100 valence electrons. The molecule has 1 aromatic carbocycles. The maximum absolute atomic E-state index is 11.9. The molecule has 5 nitrogen and oxygen atoms in total. The first kappa shape index (κ1) is 12.2. The topological polar surface area (TPSA) is 58.2 Å². The van der Waals surface area contributed by atoms with Crippen LogP contribution < -0.4 is 0 Å². The first-order valence-electron chi connectivity index (χ1n) is 6.49. The first-order chi connectivity index (χ1) is 9.28. The van der Waals surface area contributed by atoms with Crippen LogP contribution in [0.4, 0.5) is 0 Å². The molecule has 0 radical (unpaired) electrons. The molecular formula is C14H17N3O2. The zero-order valence-electron chi connectivity index (χ0n) is 10.9. The fourth-order valence-electron chi connectivity index (χ4n) is 2.54. The molecule has 1 fully saturated rings. The van der Waals surface area contributed by atoms with Crippen molar-refractivity contribution in [2.45, 2.75) is 12.3 Å². The number of likely N-dealkylation sites (tertiary alicyclic amines) is 1. The van der Waals surface area contributed by atoms with Gasteiger partial charge in [0.2, 0.25) is 5.91 Å².